The van der Waals surface area contributed by atoms with Gasteiger partial charge in [0, 0.05) is 0 Å². The highest BCUT2D eigenvalue weighted by Gasteiger charge is 2.62. The lowest BCUT2D eigenvalue weighted by Crippen LogP contribution is -2.44. The van der Waals surface area contributed by atoms with Crippen molar-refractivity contribution in [2.75, 3.05) is 0 Å². The first kappa shape index (κ1) is 17.2. The van der Waals surface area contributed by atoms with Gasteiger partial charge in [-0.25, -0.2) is 16.8 Å². The molecule has 0 rings (SSSR count). The molecule has 0 heterocycles. The van der Waals surface area contributed by atoms with Crippen LogP contribution in [0.25, 0.3) is 0 Å². The van der Waals surface area contributed by atoms with Crippen LogP contribution in [0.5, 0.6) is 0 Å². The van der Waals surface area contributed by atoms with Crippen molar-refractivity contribution in [3.05, 3.63) is 12.7 Å². The SMILES string of the molecule is [CH]=CCC(S(=O)(=O)C(F)(F)F)S(=O)(=O)C(F)(F)F. The number of sulfone groups is 2. The summed E-state index contributed by atoms with van der Waals surface area (Å²) in [5.41, 5.74) is -12.3. The summed E-state index contributed by atoms with van der Waals surface area (Å²) in [6.45, 7) is 4.52. The molecule has 0 atom stereocenters. The van der Waals surface area contributed by atoms with Gasteiger partial charge < -0.3 is 0 Å². The van der Waals surface area contributed by atoms with E-state index < -0.39 is 41.7 Å². The Morgan fingerprint density at radius 3 is 1.33 bits per heavy atom. The quantitative estimate of drug-likeness (QED) is 0.738. The third kappa shape index (κ3) is 2.96. The lowest BCUT2D eigenvalue weighted by atomic mass is 10.5. The summed E-state index contributed by atoms with van der Waals surface area (Å²) in [7, 11) is -13.1. The monoisotopic (exact) mass is 319 g/mol. The fourth-order valence-electron chi connectivity index (χ4n) is 0.829. The topological polar surface area (TPSA) is 68.3 Å². The number of hydrogen-bond acceptors (Lipinski definition) is 4. The molecule has 0 aliphatic carbocycles. The fraction of sp³-hybridized carbons (Fsp3) is 0.667. The van der Waals surface area contributed by atoms with Crippen LogP contribution in [0.4, 0.5) is 26.3 Å². The Morgan fingerprint density at radius 1 is 0.889 bits per heavy atom. The van der Waals surface area contributed by atoms with Gasteiger partial charge in [0.2, 0.25) is 0 Å². The van der Waals surface area contributed by atoms with Gasteiger partial charge in [-0.2, -0.15) is 26.3 Å². The van der Waals surface area contributed by atoms with Gasteiger partial charge in [-0.05, 0) is 6.42 Å². The maximum absolute atomic E-state index is 12.1. The molecule has 0 aliphatic heterocycles. The Balaban J connectivity index is 6.03. The Hall–Kier alpha value is -0.780. The maximum atomic E-state index is 12.1. The molecule has 0 bridgehead atoms. The van der Waals surface area contributed by atoms with Crippen molar-refractivity contribution in [3.63, 3.8) is 0 Å². The number of alkyl halides is 6. The number of allylic oxidation sites excluding steroid dienone is 1. The van der Waals surface area contributed by atoms with Gasteiger partial charge in [-0.1, -0.05) is 12.7 Å². The van der Waals surface area contributed by atoms with Gasteiger partial charge in [-0.3, -0.25) is 0 Å². The molecule has 0 amide bonds. The summed E-state index contributed by atoms with van der Waals surface area (Å²) in [5.74, 6) is 0. The van der Waals surface area contributed by atoms with Crippen molar-refractivity contribution in [1.29, 1.82) is 0 Å². The zero-order valence-corrected chi connectivity index (χ0v) is 9.79. The summed E-state index contributed by atoms with van der Waals surface area (Å²) in [6.07, 6.45) is -1.54. The number of rotatable bonds is 4. The van der Waals surface area contributed by atoms with Gasteiger partial charge in [0.1, 0.15) is 0 Å². The Kier molecular flexibility index (Phi) is 4.51. The Morgan fingerprint density at radius 2 is 1.17 bits per heavy atom. The Bertz CT molecular complexity index is 467. The first-order valence-electron chi connectivity index (χ1n) is 3.83. The largest absolute Gasteiger partial charge is 0.498 e. The average Bonchev–Trinajstić information content (AvgIpc) is 2.09. The van der Waals surface area contributed by atoms with Gasteiger partial charge in [0.05, 0.1) is 0 Å². The van der Waals surface area contributed by atoms with E-state index in [4.69, 9.17) is 0 Å². The molecule has 0 aromatic rings. The maximum Gasteiger partial charge on any atom is 0.498 e. The minimum absolute atomic E-state index is 0.0945. The van der Waals surface area contributed by atoms with Crippen LogP contribution in [0.1, 0.15) is 6.42 Å². The number of halogens is 6. The predicted octanol–water partition coefficient (Wildman–Crippen LogP) is 1.56. The van der Waals surface area contributed by atoms with E-state index in [0.29, 0.717) is 0 Å². The molecule has 107 valence electrons. The van der Waals surface area contributed by atoms with Crippen molar-refractivity contribution in [1.82, 2.24) is 0 Å². The van der Waals surface area contributed by atoms with Crippen LogP contribution in [-0.4, -0.2) is 32.4 Å². The van der Waals surface area contributed by atoms with Crippen molar-refractivity contribution >= 4 is 19.7 Å². The van der Waals surface area contributed by atoms with Crippen molar-refractivity contribution in [2.24, 2.45) is 0 Å². The Labute approximate surface area is 98.1 Å². The minimum atomic E-state index is -6.56. The standard InChI is InChI=1S/C6H5F6O4S2/c1-2-3-4(17(13,14)5(7,8)9)18(15,16)6(10,11)12/h1-2,4H,3H2. The molecule has 18 heavy (non-hydrogen) atoms. The summed E-state index contributed by atoms with van der Waals surface area (Å²) >= 11 is 0. The van der Waals surface area contributed by atoms with E-state index in [1.54, 1.807) is 0 Å². The lowest BCUT2D eigenvalue weighted by Gasteiger charge is -2.19. The predicted molar refractivity (Wildman–Crippen MR) is 47.2 cm³/mol. The first-order valence-corrected chi connectivity index (χ1v) is 6.92. The summed E-state index contributed by atoms with van der Waals surface area (Å²) in [4.78, 5) is 0. The van der Waals surface area contributed by atoms with Crippen LogP contribution in [0.2, 0.25) is 0 Å². The van der Waals surface area contributed by atoms with E-state index in [-0.39, 0.29) is 6.08 Å². The second-order valence-electron chi connectivity index (χ2n) is 2.88. The molecule has 12 heteroatoms. The van der Waals surface area contributed by atoms with Crippen LogP contribution in [0, 0.1) is 6.58 Å². The van der Waals surface area contributed by atoms with Gasteiger partial charge in [0.15, 0.2) is 4.58 Å². The molecule has 0 aliphatic rings. The molecule has 0 aromatic carbocycles. The third-order valence-electron chi connectivity index (χ3n) is 1.67. The summed E-state index contributed by atoms with van der Waals surface area (Å²) < 4.78 is 112. The van der Waals surface area contributed by atoms with Crippen LogP contribution in [0.15, 0.2) is 6.08 Å². The molecule has 0 saturated heterocycles. The molecule has 0 saturated carbocycles. The van der Waals surface area contributed by atoms with Crippen molar-refractivity contribution in [3.8, 4) is 0 Å². The second kappa shape index (κ2) is 4.72. The second-order valence-corrected chi connectivity index (χ2v) is 7.42. The minimum Gasteiger partial charge on any atom is -0.218 e. The highest BCUT2D eigenvalue weighted by molar-refractivity contribution is 8.09. The van der Waals surface area contributed by atoms with E-state index in [1.165, 1.54) is 0 Å². The molecule has 0 spiro atoms. The lowest BCUT2D eigenvalue weighted by molar-refractivity contribution is -0.0471. The van der Waals surface area contributed by atoms with E-state index in [9.17, 15) is 43.2 Å². The van der Waals surface area contributed by atoms with Gasteiger partial charge >= 0.3 is 11.0 Å². The van der Waals surface area contributed by atoms with Gasteiger partial charge in [0.25, 0.3) is 19.7 Å². The molecule has 0 fully saturated rings. The zero-order chi connectivity index (χ0) is 15.0. The van der Waals surface area contributed by atoms with Crippen LogP contribution in [-0.2, 0) is 19.7 Å². The zero-order valence-electron chi connectivity index (χ0n) is 8.16. The van der Waals surface area contributed by atoms with Crippen molar-refractivity contribution < 1.29 is 43.2 Å². The van der Waals surface area contributed by atoms with E-state index in [1.807, 2.05) is 0 Å². The smallest absolute Gasteiger partial charge is 0.218 e. The summed E-state index contributed by atoms with van der Waals surface area (Å²) in [6, 6.07) is 0. The molecular formula is C6H5F6O4S2. The van der Waals surface area contributed by atoms with E-state index >= 15 is 0 Å². The normalized spacial score (nSPS) is 14.8. The van der Waals surface area contributed by atoms with Crippen LogP contribution >= 0.6 is 0 Å². The fourth-order valence-corrected chi connectivity index (χ4v) is 4.14. The average molecular weight is 319 g/mol. The van der Waals surface area contributed by atoms with Crippen LogP contribution < -0.4 is 0 Å². The third-order valence-corrected chi connectivity index (χ3v) is 6.25. The first-order chi connectivity index (χ1) is 7.69. The highest BCUT2D eigenvalue weighted by Crippen LogP contribution is 2.37. The molecule has 0 unspecified atom stereocenters. The molecule has 0 N–H and O–H groups in total. The molecule has 1 radical (unpaired) electrons. The molecule has 0 aromatic heterocycles. The van der Waals surface area contributed by atoms with E-state index in [2.05, 4.69) is 6.58 Å². The van der Waals surface area contributed by atoms with Gasteiger partial charge in [-0.15, -0.1) is 0 Å². The highest BCUT2D eigenvalue weighted by atomic mass is 32.3. The van der Waals surface area contributed by atoms with E-state index in [0.717, 1.165) is 0 Å². The van der Waals surface area contributed by atoms with Crippen LogP contribution in [0.3, 0.4) is 0 Å². The van der Waals surface area contributed by atoms with Crippen molar-refractivity contribution in [2.45, 2.75) is 22.0 Å². The summed E-state index contributed by atoms with van der Waals surface area (Å²) in [5, 5.41) is 0. The molecular weight excluding hydrogens is 314 g/mol. The molecule has 4 nitrogen and oxygen atoms in total. The number of hydrogen-bond donors (Lipinski definition) is 0.